The van der Waals surface area contributed by atoms with Gasteiger partial charge in [0.15, 0.2) is 0 Å². The van der Waals surface area contributed by atoms with Crippen LogP contribution in [0.1, 0.15) is 38.3 Å². The van der Waals surface area contributed by atoms with Crippen LogP contribution in [0.25, 0.3) is 11.3 Å². The zero-order chi connectivity index (χ0) is 24.6. The second kappa shape index (κ2) is 9.72. The zero-order valence-corrected chi connectivity index (χ0v) is 22.2. The summed E-state index contributed by atoms with van der Waals surface area (Å²) >= 11 is 2.20. The highest BCUT2D eigenvalue weighted by atomic mass is 79.9. The molecule has 1 unspecified atom stereocenters. The van der Waals surface area contributed by atoms with Crippen molar-refractivity contribution in [1.29, 1.82) is 5.26 Å². The molecule has 1 amide bonds. The fourth-order valence-electron chi connectivity index (χ4n) is 4.43. The summed E-state index contributed by atoms with van der Waals surface area (Å²) < 4.78 is 19.0. The van der Waals surface area contributed by atoms with Crippen LogP contribution in [0.4, 0.5) is 10.6 Å². The molecule has 1 saturated heterocycles. The number of fused-ring (bicyclic) bond motifs is 3. The number of carbonyl (C=O) groups is 1. The van der Waals surface area contributed by atoms with Crippen LogP contribution < -0.4 is 4.90 Å². The van der Waals surface area contributed by atoms with Crippen molar-refractivity contribution >= 4 is 39.0 Å². The molecule has 8 nitrogen and oxygen atoms in total. The number of anilines is 1. The third-order valence-corrected chi connectivity index (χ3v) is 7.12. The molecule has 10 heteroatoms. The monoisotopic (exact) mass is 545 g/mol. The maximum atomic E-state index is 12.8. The Morgan fingerprint density at radius 1 is 1.32 bits per heavy atom. The van der Waals surface area contributed by atoms with Crippen LogP contribution in [-0.2, 0) is 28.8 Å². The van der Waals surface area contributed by atoms with E-state index in [0.717, 1.165) is 40.0 Å². The van der Waals surface area contributed by atoms with E-state index in [9.17, 15) is 14.6 Å². The maximum absolute atomic E-state index is 12.8. The molecule has 2 aliphatic rings. The van der Waals surface area contributed by atoms with Gasteiger partial charge < -0.3 is 19.1 Å². The first kappa shape index (κ1) is 24.8. The number of aryl methyl sites for hydroxylation is 1. The number of halogens is 1. The topological polar surface area (TPSA) is 105 Å². The number of hydrogen-bond acceptors (Lipinski definition) is 7. The minimum absolute atomic E-state index is 0.186. The van der Waals surface area contributed by atoms with E-state index in [0.29, 0.717) is 19.6 Å². The molecule has 1 aromatic heterocycles. The van der Waals surface area contributed by atoms with Gasteiger partial charge in [-0.05, 0) is 51.3 Å². The minimum Gasteiger partial charge on any atom is -0.609 e. The normalized spacial score (nSPS) is 18.6. The van der Waals surface area contributed by atoms with Gasteiger partial charge in [0.25, 0.3) is 0 Å². The van der Waals surface area contributed by atoms with E-state index in [1.54, 1.807) is 11.2 Å². The van der Waals surface area contributed by atoms with Gasteiger partial charge in [-0.2, -0.15) is 15.2 Å². The van der Waals surface area contributed by atoms with Crippen LogP contribution >= 0.6 is 15.9 Å². The predicted molar refractivity (Wildman–Crippen MR) is 134 cm³/mol. The van der Waals surface area contributed by atoms with Crippen molar-refractivity contribution in [2.75, 3.05) is 30.8 Å². The Labute approximate surface area is 211 Å². The highest BCUT2D eigenvalue weighted by Crippen LogP contribution is 2.39. The van der Waals surface area contributed by atoms with E-state index < -0.39 is 22.9 Å². The van der Waals surface area contributed by atoms with Crippen molar-refractivity contribution in [2.24, 2.45) is 0 Å². The molecule has 2 heterocycles. The summed E-state index contributed by atoms with van der Waals surface area (Å²) in [7, 11) is 0. The molecule has 4 rings (SSSR count). The van der Waals surface area contributed by atoms with Crippen molar-refractivity contribution < 1.29 is 14.1 Å². The van der Waals surface area contributed by atoms with Gasteiger partial charge in [-0.3, -0.25) is 0 Å². The van der Waals surface area contributed by atoms with E-state index in [-0.39, 0.29) is 17.6 Å². The molecule has 1 aliphatic carbocycles. The van der Waals surface area contributed by atoms with Gasteiger partial charge >= 0.3 is 11.2 Å². The summed E-state index contributed by atoms with van der Waals surface area (Å²) in [6.45, 7) is 6.87. The lowest BCUT2D eigenvalue weighted by Gasteiger charge is -2.42. The van der Waals surface area contributed by atoms with E-state index in [2.05, 4.69) is 33.0 Å². The summed E-state index contributed by atoms with van der Waals surface area (Å²) in [5.41, 5.74) is 3.43. The molecule has 0 radical (unpaired) electrons. The quantitative estimate of drug-likeness (QED) is 0.422. The highest BCUT2D eigenvalue weighted by Gasteiger charge is 2.36. The molecule has 0 spiro atoms. The third-order valence-electron chi connectivity index (χ3n) is 5.93. The Hall–Kier alpha value is -2.35. The van der Waals surface area contributed by atoms with Crippen LogP contribution in [-0.4, -0.2) is 63.0 Å². The van der Waals surface area contributed by atoms with Crippen molar-refractivity contribution in [3.8, 4) is 17.3 Å². The van der Waals surface area contributed by atoms with Crippen LogP contribution in [0.3, 0.4) is 0 Å². The fraction of sp³-hybridized carbons (Fsp3) is 0.500. The Morgan fingerprint density at radius 2 is 2.09 bits per heavy atom. The summed E-state index contributed by atoms with van der Waals surface area (Å²) in [4.78, 5) is 25.9. The fourth-order valence-corrected chi connectivity index (χ4v) is 5.23. The summed E-state index contributed by atoms with van der Waals surface area (Å²) in [5, 5.41) is 9.72. The van der Waals surface area contributed by atoms with Crippen molar-refractivity contribution in [1.82, 2.24) is 14.9 Å². The summed E-state index contributed by atoms with van der Waals surface area (Å²) in [5.74, 6) is 0.743. The Morgan fingerprint density at radius 3 is 2.76 bits per heavy atom. The Bertz CT molecular complexity index is 1140. The number of hydrogen-bond donors (Lipinski definition) is 0. The number of carbonyl (C=O) groups excluding carboxylic acids is 1. The Balaban J connectivity index is 1.71. The Kier molecular flexibility index (Phi) is 7.08. The number of amides is 1. The second-order valence-corrected chi connectivity index (χ2v) is 11.7. The number of rotatable bonds is 3. The minimum atomic E-state index is -1.36. The van der Waals surface area contributed by atoms with Gasteiger partial charge in [0, 0.05) is 46.4 Å². The smallest absolute Gasteiger partial charge is 0.410 e. The molecular weight excluding hydrogens is 518 g/mol. The van der Waals surface area contributed by atoms with Gasteiger partial charge in [0.1, 0.15) is 17.7 Å². The first-order valence-corrected chi connectivity index (χ1v) is 13.6. The zero-order valence-electron chi connectivity index (χ0n) is 19.8. The number of nitrogens with zero attached hydrogens (tertiary/aromatic N) is 5. The molecule has 1 aromatic carbocycles. The SMILES string of the molecule is C[S+]([O-])c1nc2c(c(N3CCN(C(=O)OC(C)(C)C)[C@@H](CC#N)C3)n1)CCc1ccc(Br)cc1-2. The van der Waals surface area contributed by atoms with Gasteiger partial charge in [-0.1, -0.05) is 22.0 Å². The van der Waals surface area contributed by atoms with Crippen LogP contribution in [0, 0.1) is 11.3 Å². The second-order valence-electron chi connectivity index (χ2n) is 9.55. The maximum Gasteiger partial charge on any atom is 0.410 e. The molecule has 1 fully saturated rings. The number of aromatic nitrogens is 2. The number of piperazine rings is 1. The van der Waals surface area contributed by atoms with Gasteiger partial charge in [0.05, 0.1) is 24.2 Å². The number of nitriles is 1. The van der Waals surface area contributed by atoms with Gasteiger partial charge in [-0.25, -0.2) is 4.79 Å². The van der Waals surface area contributed by atoms with E-state index in [1.165, 1.54) is 5.56 Å². The molecule has 1 aliphatic heterocycles. The standard InChI is InChI=1S/C24H28BrN5O3S/c1-24(2,3)33-23(31)30-12-11-29(14-17(30)9-10-26)21-18-8-6-15-5-7-16(25)13-19(15)20(18)27-22(28-21)34(4)32/h5,7,13,17H,6,8-9,11-12,14H2,1-4H3/t17-,34?/m0/s1. The number of ether oxygens (including phenoxy) is 1. The number of benzene rings is 1. The first-order chi connectivity index (χ1) is 16.1. The van der Waals surface area contributed by atoms with Crippen molar-refractivity contribution in [2.45, 2.75) is 56.8 Å². The molecular formula is C24H28BrN5O3S. The molecule has 0 N–H and O–H groups in total. The average molecular weight is 546 g/mol. The summed E-state index contributed by atoms with van der Waals surface area (Å²) in [6.07, 6.45) is 2.98. The largest absolute Gasteiger partial charge is 0.609 e. The molecule has 2 aromatic rings. The van der Waals surface area contributed by atoms with Crippen molar-refractivity contribution in [3.63, 3.8) is 0 Å². The van der Waals surface area contributed by atoms with E-state index in [1.807, 2.05) is 32.9 Å². The van der Waals surface area contributed by atoms with Crippen LogP contribution in [0.2, 0.25) is 0 Å². The van der Waals surface area contributed by atoms with Crippen LogP contribution in [0.5, 0.6) is 0 Å². The molecule has 180 valence electrons. The average Bonchev–Trinajstić information content (AvgIpc) is 2.77. The lowest BCUT2D eigenvalue weighted by Crippen LogP contribution is -2.56. The summed E-state index contributed by atoms with van der Waals surface area (Å²) in [6, 6.07) is 8.03. The highest BCUT2D eigenvalue weighted by molar-refractivity contribution is 9.10. The lowest BCUT2D eigenvalue weighted by molar-refractivity contribution is 0.0145. The molecule has 0 saturated carbocycles. The van der Waals surface area contributed by atoms with Gasteiger partial charge in [-0.15, -0.1) is 0 Å². The van der Waals surface area contributed by atoms with E-state index >= 15 is 0 Å². The molecule has 2 atom stereocenters. The third kappa shape index (κ3) is 5.16. The van der Waals surface area contributed by atoms with Gasteiger partial charge in [0.2, 0.25) is 0 Å². The predicted octanol–water partition coefficient (Wildman–Crippen LogP) is 4.08. The molecule has 34 heavy (non-hydrogen) atoms. The lowest BCUT2D eigenvalue weighted by atomic mass is 9.89. The van der Waals surface area contributed by atoms with E-state index in [4.69, 9.17) is 14.7 Å². The van der Waals surface area contributed by atoms with Crippen molar-refractivity contribution in [3.05, 3.63) is 33.8 Å². The first-order valence-electron chi connectivity index (χ1n) is 11.2. The van der Waals surface area contributed by atoms with Crippen LogP contribution in [0.15, 0.2) is 27.8 Å². The molecule has 0 bridgehead atoms.